The molecule has 0 atom stereocenters. The van der Waals surface area contributed by atoms with Gasteiger partial charge in [-0.2, -0.15) is 0 Å². The molecule has 0 aliphatic carbocycles. The SMILES string of the molecule is CONC(=O)c1ccc(NS(=O)(=O)c2cnc(-c3ccc(F)cc3)s2)c(OC)c1. The summed E-state index contributed by atoms with van der Waals surface area (Å²) in [5, 5.41) is 0.434. The Hall–Kier alpha value is -3.02. The number of amides is 1. The molecule has 0 bridgehead atoms. The summed E-state index contributed by atoms with van der Waals surface area (Å²) in [4.78, 5) is 20.5. The minimum absolute atomic E-state index is 0.0277. The summed E-state index contributed by atoms with van der Waals surface area (Å²) in [6, 6.07) is 9.79. The number of rotatable bonds is 7. The zero-order valence-electron chi connectivity index (χ0n) is 15.3. The summed E-state index contributed by atoms with van der Waals surface area (Å²) in [6.45, 7) is 0. The van der Waals surface area contributed by atoms with Gasteiger partial charge in [0.15, 0.2) is 4.21 Å². The van der Waals surface area contributed by atoms with Crippen molar-refractivity contribution in [1.29, 1.82) is 0 Å². The van der Waals surface area contributed by atoms with Gasteiger partial charge >= 0.3 is 0 Å². The van der Waals surface area contributed by atoms with E-state index in [9.17, 15) is 17.6 Å². The average molecular weight is 437 g/mol. The van der Waals surface area contributed by atoms with Crippen LogP contribution < -0.4 is 14.9 Å². The molecule has 3 rings (SSSR count). The van der Waals surface area contributed by atoms with Gasteiger partial charge in [0.1, 0.15) is 16.6 Å². The predicted molar refractivity (Wildman–Crippen MR) is 106 cm³/mol. The number of carbonyl (C=O) groups is 1. The lowest BCUT2D eigenvalue weighted by Gasteiger charge is -2.12. The average Bonchev–Trinajstić information content (AvgIpc) is 3.20. The lowest BCUT2D eigenvalue weighted by atomic mass is 10.2. The highest BCUT2D eigenvalue weighted by Gasteiger charge is 2.21. The van der Waals surface area contributed by atoms with Crippen molar-refractivity contribution in [3.8, 4) is 16.3 Å². The van der Waals surface area contributed by atoms with E-state index in [4.69, 9.17) is 4.74 Å². The number of thiazole rings is 1. The van der Waals surface area contributed by atoms with Gasteiger partial charge in [0, 0.05) is 11.1 Å². The van der Waals surface area contributed by atoms with Crippen molar-refractivity contribution in [2.24, 2.45) is 0 Å². The van der Waals surface area contributed by atoms with Crippen LogP contribution in [0.3, 0.4) is 0 Å². The molecule has 0 fully saturated rings. The first-order chi connectivity index (χ1) is 13.8. The molecule has 3 aromatic rings. The number of hydrogen-bond donors (Lipinski definition) is 2. The van der Waals surface area contributed by atoms with Crippen LogP contribution in [-0.2, 0) is 14.9 Å². The molecule has 11 heteroatoms. The fraction of sp³-hybridized carbons (Fsp3) is 0.111. The van der Waals surface area contributed by atoms with Crippen LogP contribution in [0, 0.1) is 5.82 Å². The van der Waals surface area contributed by atoms with Crippen molar-refractivity contribution < 1.29 is 27.2 Å². The Morgan fingerprint density at radius 1 is 1.14 bits per heavy atom. The Kier molecular flexibility index (Phi) is 6.11. The summed E-state index contributed by atoms with van der Waals surface area (Å²) in [6.07, 6.45) is 1.22. The van der Waals surface area contributed by atoms with E-state index in [1.807, 2.05) is 0 Å². The minimum Gasteiger partial charge on any atom is -0.495 e. The Labute approximate surface area is 170 Å². The summed E-state index contributed by atoms with van der Waals surface area (Å²) in [5.74, 6) is -0.748. The van der Waals surface area contributed by atoms with Gasteiger partial charge in [0.25, 0.3) is 15.9 Å². The number of hydrogen-bond acceptors (Lipinski definition) is 7. The molecule has 0 spiro atoms. The number of anilines is 1. The molecule has 1 aromatic heterocycles. The van der Waals surface area contributed by atoms with Gasteiger partial charge in [0.2, 0.25) is 0 Å². The van der Waals surface area contributed by atoms with Gasteiger partial charge in [-0.15, -0.1) is 11.3 Å². The van der Waals surface area contributed by atoms with Crippen LogP contribution >= 0.6 is 11.3 Å². The smallest absolute Gasteiger partial charge is 0.274 e. The maximum Gasteiger partial charge on any atom is 0.274 e. The molecule has 1 heterocycles. The van der Waals surface area contributed by atoms with E-state index in [0.29, 0.717) is 10.6 Å². The van der Waals surface area contributed by atoms with Crippen molar-refractivity contribution >= 4 is 33.0 Å². The molecule has 29 heavy (non-hydrogen) atoms. The molecule has 152 valence electrons. The highest BCUT2D eigenvalue weighted by atomic mass is 32.2. The van der Waals surface area contributed by atoms with Crippen molar-refractivity contribution in [2.75, 3.05) is 18.9 Å². The van der Waals surface area contributed by atoms with Crippen molar-refractivity contribution in [1.82, 2.24) is 10.5 Å². The summed E-state index contributed by atoms with van der Waals surface area (Å²) in [7, 11) is -1.31. The van der Waals surface area contributed by atoms with Crippen LogP contribution in [0.15, 0.2) is 52.9 Å². The molecule has 0 aliphatic heterocycles. The first kappa shape index (κ1) is 20.7. The molecule has 0 saturated carbocycles. The van der Waals surface area contributed by atoms with Crippen LogP contribution in [0.1, 0.15) is 10.4 Å². The third kappa shape index (κ3) is 4.70. The van der Waals surface area contributed by atoms with Gasteiger partial charge in [-0.25, -0.2) is 23.3 Å². The quantitative estimate of drug-likeness (QED) is 0.550. The molecule has 0 aliphatic rings. The fourth-order valence-electron chi connectivity index (χ4n) is 2.37. The zero-order chi connectivity index (χ0) is 21.0. The first-order valence-corrected chi connectivity index (χ1v) is 10.4. The predicted octanol–water partition coefficient (Wildman–Crippen LogP) is 3.05. The number of benzene rings is 2. The number of nitrogens with one attached hydrogen (secondary N) is 2. The molecular formula is C18H16FN3O5S2. The summed E-state index contributed by atoms with van der Waals surface area (Å²) >= 11 is 0.941. The molecule has 0 saturated heterocycles. The van der Waals surface area contributed by atoms with E-state index in [0.717, 1.165) is 11.3 Å². The zero-order valence-corrected chi connectivity index (χ0v) is 16.9. The molecule has 0 unspecified atom stereocenters. The topological polar surface area (TPSA) is 107 Å². The fourth-order valence-corrected chi connectivity index (χ4v) is 4.58. The summed E-state index contributed by atoms with van der Waals surface area (Å²) < 4.78 is 46.1. The number of aromatic nitrogens is 1. The van der Waals surface area contributed by atoms with E-state index in [-0.39, 0.29) is 21.2 Å². The van der Waals surface area contributed by atoms with Crippen LogP contribution in [0.4, 0.5) is 10.1 Å². The number of nitrogens with zero attached hydrogens (tertiary/aromatic N) is 1. The second-order valence-corrected chi connectivity index (χ2v) is 8.59. The standard InChI is InChI=1S/C18H16FN3O5S2/c1-26-15-9-12(17(23)21-27-2)5-8-14(15)22-29(24,25)16-10-20-18(28-16)11-3-6-13(19)7-4-11/h3-10,22H,1-2H3,(H,21,23). The maximum absolute atomic E-state index is 13.1. The summed E-state index contributed by atoms with van der Waals surface area (Å²) in [5.41, 5.74) is 3.14. The second-order valence-electron chi connectivity index (χ2n) is 5.65. The first-order valence-electron chi connectivity index (χ1n) is 8.10. The number of halogens is 1. The Morgan fingerprint density at radius 2 is 1.86 bits per heavy atom. The van der Waals surface area contributed by atoms with Gasteiger partial charge in [-0.1, -0.05) is 0 Å². The van der Waals surface area contributed by atoms with Gasteiger partial charge in [-0.05, 0) is 42.5 Å². The van der Waals surface area contributed by atoms with E-state index >= 15 is 0 Å². The minimum atomic E-state index is -3.96. The highest BCUT2D eigenvalue weighted by molar-refractivity contribution is 7.94. The highest BCUT2D eigenvalue weighted by Crippen LogP contribution is 2.32. The molecule has 2 aromatic carbocycles. The van der Waals surface area contributed by atoms with Gasteiger partial charge in [0.05, 0.1) is 26.1 Å². The van der Waals surface area contributed by atoms with Crippen LogP contribution in [0.2, 0.25) is 0 Å². The molecule has 8 nitrogen and oxygen atoms in total. The lowest BCUT2D eigenvalue weighted by molar-refractivity contribution is 0.0537. The number of sulfonamides is 1. The second kappa shape index (κ2) is 8.55. The lowest BCUT2D eigenvalue weighted by Crippen LogP contribution is -2.22. The molecule has 1 amide bonds. The third-order valence-corrected chi connectivity index (χ3v) is 6.62. The van der Waals surface area contributed by atoms with E-state index in [2.05, 4.69) is 20.0 Å². The van der Waals surface area contributed by atoms with Crippen molar-refractivity contribution in [3.05, 3.63) is 60.0 Å². The normalized spacial score (nSPS) is 11.1. The van der Waals surface area contributed by atoms with Gasteiger partial charge < -0.3 is 4.74 Å². The Bertz CT molecular complexity index is 1130. The number of hydroxylamine groups is 1. The monoisotopic (exact) mass is 437 g/mol. The molecule has 2 N–H and O–H groups in total. The van der Waals surface area contributed by atoms with E-state index in [1.165, 1.54) is 62.9 Å². The van der Waals surface area contributed by atoms with E-state index < -0.39 is 21.7 Å². The van der Waals surface area contributed by atoms with Gasteiger partial charge in [-0.3, -0.25) is 14.4 Å². The number of methoxy groups -OCH3 is 1. The number of ether oxygens (including phenoxy) is 1. The molecule has 0 radical (unpaired) electrons. The van der Waals surface area contributed by atoms with Crippen molar-refractivity contribution in [2.45, 2.75) is 4.21 Å². The third-order valence-electron chi connectivity index (χ3n) is 3.74. The largest absolute Gasteiger partial charge is 0.495 e. The van der Waals surface area contributed by atoms with E-state index in [1.54, 1.807) is 0 Å². The Morgan fingerprint density at radius 3 is 2.52 bits per heavy atom. The van der Waals surface area contributed by atoms with Crippen molar-refractivity contribution in [3.63, 3.8) is 0 Å². The number of carbonyl (C=O) groups excluding carboxylic acids is 1. The molecular weight excluding hydrogens is 421 g/mol. The maximum atomic E-state index is 13.1. The van der Waals surface area contributed by atoms with Crippen LogP contribution in [0.5, 0.6) is 5.75 Å². The van der Waals surface area contributed by atoms with Crippen LogP contribution in [0.25, 0.3) is 10.6 Å². The van der Waals surface area contributed by atoms with Crippen LogP contribution in [-0.4, -0.2) is 33.5 Å². The Balaban J connectivity index is 1.86.